The van der Waals surface area contributed by atoms with E-state index in [9.17, 15) is 9.59 Å². The standard InChI is InChI=1S/C19H21Cl2N3O3/c1-19(2,3)12-4-7-14(8-5-12)27-11-17(25)23-24-18(26)22-13-6-9-15(20)16(21)10-13/h4-10H,11H2,1-3H3,(H,23,25)(H2,22,24,26). The zero-order chi connectivity index (χ0) is 20.0. The first-order chi connectivity index (χ1) is 12.6. The zero-order valence-corrected chi connectivity index (χ0v) is 16.7. The number of benzene rings is 2. The number of anilines is 1. The van der Waals surface area contributed by atoms with Gasteiger partial charge in [0.05, 0.1) is 10.0 Å². The molecule has 0 spiro atoms. The Kier molecular flexibility index (Phi) is 6.93. The molecule has 27 heavy (non-hydrogen) atoms. The van der Waals surface area contributed by atoms with Crippen molar-refractivity contribution < 1.29 is 14.3 Å². The maximum Gasteiger partial charge on any atom is 0.337 e. The average Bonchev–Trinajstić information content (AvgIpc) is 2.61. The second-order valence-corrected chi connectivity index (χ2v) is 7.63. The van der Waals surface area contributed by atoms with Crippen LogP contribution in [0.4, 0.5) is 10.5 Å². The summed E-state index contributed by atoms with van der Waals surface area (Å²) in [5.41, 5.74) is 6.12. The first-order valence-electron chi connectivity index (χ1n) is 8.19. The second-order valence-electron chi connectivity index (χ2n) is 6.82. The maximum atomic E-state index is 11.8. The van der Waals surface area contributed by atoms with Crippen LogP contribution in [0.25, 0.3) is 0 Å². The molecule has 3 amide bonds. The van der Waals surface area contributed by atoms with Gasteiger partial charge in [-0.05, 0) is 41.3 Å². The predicted octanol–water partition coefficient (Wildman–Crippen LogP) is 4.52. The van der Waals surface area contributed by atoms with Crippen LogP contribution in [0.3, 0.4) is 0 Å². The van der Waals surface area contributed by atoms with E-state index in [2.05, 4.69) is 36.9 Å². The number of nitrogens with one attached hydrogen (secondary N) is 3. The molecule has 0 heterocycles. The first-order valence-corrected chi connectivity index (χ1v) is 8.95. The number of amides is 3. The molecular weight excluding hydrogens is 389 g/mol. The van der Waals surface area contributed by atoms with Crippen molar-refractivity contribution >= 4 is 40.8 Å². The lowest BCUT2D eigenvalue weighted by Gasteiger charge is -2.19. The van der Waals surface area contributed by atoms with Gasteiger partial charge in [-0.15, -0.1) is 0 Å². The quantitative estimate of drug-likeness (QED) is 0.649. The Morgan fingerprint density at radius 3 is 2.22 bits per heavy atom. The van der Waals surface area contributed by atoms with Crippen LogP contribution in [0.2, 0.25) is 10.0 Å². The van der Waals surface area contributed by atoms with Gasteiger partial charge in [-0.3, -0.25) is 10.2 Å². The summed E-state index contributed by atoms with van der Waals surface area (Å²) < 4.78 is 5.40. The topological polar surface area (TPSA) is 79.5 Å². The SMILES string of the molecule is CC(C)(C)c1ccc(OCC(=O)NNC(=O)Nc2ccc(Cl)c(Cl)c2)cc1. The van der Waals surface area contributed by atoms with Crippen LogP contribution >= 0.6 is 23.2 Å². The predicted molar refractivity (Wildman–Crippen MR) is 107 cm³/mol. The van der Waals surface area contributed by atoms with Gasteiger partial charge in [-0.2, -0.15) is 0 Å². The van der Waals surface area contributed by atoms with Crippen molar-refractivity contribution in [2.75, 3.05) is 11.9 Å². The van der Waals surface area contributed by atoms with Gasteiger partial charge in [0.15, 0.2) is 6.61 Å². The van der Waals surface area contributed by atoms with Crippen molar-refractivity contribution in [2.45, 2.75) is 26.2 Å². The van der Waals surface area contributed by atoms with Gasteiger partial charge in [-0.1, -0.05) is 56.1 Å². The van der Waals surface area contributed by atoms with Crippen molar-refractivity contribution in [3.05, 3.63) is 58.1 Å². The number of ether oxygens (including phenoxy) is 1. The highest BCUT2D eigenvalue weighted by atomic mass is 35.5. The highest BCUT2D eigenvalue weighted by Gasteiger charge is 2.13. The van der Waals surface area contributed by atoms with E-state index in [0.29, 0.717) is 21.5 Å². The largest absolute Gasteiger partial charge is 0.484 e. The summed E-state index contributed by atoms with van der Waals surface area (Å²) in [5, 5.41) is 3.20. The van der Waals surface area contributed by atoms with Crippen molar-refractivity contribution in [3.63, 3.8) is 0 Å². The fraction of sp³-hybridized carbons (Fsp3) is 0.263. The number of hydrogen-bond donors (Lipinski definition) is 3. The Labute approximate surface area is 168 Å². The fourth-order valence-corrected chi connectivity index (χ4v) is 2.40. The van der Waals surface area contributed by atoms with E-state index in [1.807, 2.05) is 12.1 Å². The third-order valence-corrected chi connectivity index (χ3v) is 4.32. The van der Waals surface area contributed by atoms with Crippen molar-refractivity contribution in [2.24, 2.45) is 0 Å². The van der Waals surface area contributed by atoms with Crippen LogP contribution in [0.15, 0.2) is 42.5 Å². The van der Waals surface area contributed by atoms with Crippen molar-refractivity contribution in [1.82, 2.24) is 10.9 Å². The van der Waals surface area contributed by atoms with Crippen LogP contribution in [0.5, 0.6) is 5.75 Å². The van der Waals surface area contributed by atoms with Gasteiger partial charge < -0.3 is 10.1 Å². The number of hydrazine groups is 1. The molecule has 0 unspecified atom stereocenters. The first kappa shape index (κ1) is 20.9. The fourth-order valence-electron chi connectivity index (χ4n) is 2.10. The lowest BCUT2D eigenvalue weighted by Crippen LogP contribution is -2.45. The third kappa shape index (κ3) is 6.66. The summed E-state index contributed by atoms with van der Waals surface area (Å²) in [7, 11) is 0. The molecule has 0 atom stereocenters. The Hall–Kier alpha value is -2.44. The summed E-state index contributed by atoms with van der Waals surface area (Å²) in [6.45, 7) is 6.11. The van der Waals surface area contributed by atoms with Crippen molar-refractivity contribution in [3.8, 4) is 5.75 Å². The van der Waals surface area contributed by atoms with E-state index in [0.717, 1.165) is 0 Å². The third-order valence-electron chi connectivity index (χ3n) is 3.58. The molecule has 144 valence electrons. The molecule has 8 heteroatoms. The molecule has 0 saturated heterocycles. The maximum absolute atomic E-state index is 11.8. The molecule has 0 fully saturated rings. The van der Waals surface area contributed by atoms with E-state index in [4.69, 9.17) is 27.9 Å². The van der Waals surface area contributed by atoms with Crippen LogP contribution in [0.1, 0.15) is 26.3 Å². The molecule has 6 nitrogen and oxygen atoms in total. The minimum absolute atomic E-state index is 0.0432. The highest BCUT2D eigenvalue weighted by Crippen LogP contribution is 2.25. The van der Waals surface area contributed by atoms with Gasteiger partial charge in [0.1, 0.15) is 5.75 Å². The lowest BCUT2D eigenvalue weighted by atomic mass is 9.87. The minimum Gasteiger partial charge on any atom is -0.484 e. The summed E-state index contributed by atoms with van der Waals surface area (Å²) in [6.07, 6.45) is 0. The van der Waals surface area contributed by atoms with Crippen LogP contribution < -0.4 is 20.9 Å². The summed E-state index contributed by atoms with van der Waals surface area (Å²) >= 11 is 11.7. The summed E-state index contributed by atoms with van der Waals surface area (Å²) in [5.74, 6) is 0.0672. The van der Waals surface area contributed by atoms with Gasteiger partial charge in [0, 0.05) is 5.69 Å². The smallest absolute Gasteiger partial charge is 0.337 e. The molecule has 0 bridgehead atoms. The Balaban J connectivity index is 1.75. The molecular formula is C19H21Cl2N3O3. The molecule has 0 saturated carbocycles. The number of rotatable bonds is 4. The van der Waals surface area contributed by atoms with E-state index in [-0.39, 0.29) is 12.0 Å². The number of carbonyl (C=O) groups excluding carboxylic acids is 2. The molecule has 2 rings (SSSR count). The molecule has 3 N–H and O–H groups in total. The van der Waals surface area contributed by atoms with Gasteiger partial charge in [-0.25, -0.2) is 10.2 Å². The monoisotopic (exact) mass is 409 g/mol. The Morgan fingerprint density at radius 2 is 1.63 bits per heavy atom. The molecule has 0 aliphatic rings. The number of carbonyl (C=O) groups is 2. The molecule has 0 aliphatic carbocycles. The van der Waals surface area contributed by atoms with E-state index >= 15 is 0 Å². The second kappa shape index (κ2) is 8.97. The molecule has 0 aliphatic heterocycles. The van der Waals surface area contributed by atoms with Gasteiger partial charge in [0.25, 0.3) is 5.91 Å². The lowest BCUT2D eigenvalue weighted by molar-refractivity contribution is -0.123. The Morgan fingerprint density at radius 1 is 0.963 bits per heavy atom. The molecule has 0 radical (unpaired) electrons. The van der Waals surface area contributed by atoms with Gasteiger partial charge >= 0.3 is 6.03 Å². The highest BCUT2D eigenvalue weighted by molar-refractivity contribution is 6.42. The normalized spacial score (nSPS) is 10.9. The molecule has 2 aromatic carbocycles. The van der Waals surface area contributed by atoms with E-state index < -0.39 is 11.9 Å². The van der Waals surface area contributed by atoms with Crippen molar-refractivity contribution in [1.29, 1.82) is 0 Å². The summed E-state index contributed by atoms with van der Waals surface area (Å²) in [6, 6.07) is 11.5. The number of halogens is 2. The van der Waals surface area contributed by atoms with E-state index in [1.165, 1.54) is 11.6 Å². The van der Waals surface area contributed by atoms with Crippen LogP contribution in [-0.4, -0.2) is 18.5 Å². The molecule has 0 aromatic heterocycles. The minimum atomic E-state index is -0.628. The Bertz CT molecular complexity index is 818. The summed E-state index contributed by atoms with van der Waals surface area (Å²) in [4.78, 5) is 23.5. The van der Waals surface area contributed by atoms with Crippen LogP contribution in [0, 0.1) is 0 Å². The number of urea groups is 1. The zero-order valence-electron chi connectivity index (χ0n) is 15.2. The van der Waals surface area contributed by atoms with Gasteiger partial charge in [0.2, 0.25) is 0 Å². The van der Waals surface area contributed by atoms with E-state index in [1.54, 1.807) is 24.3 Å². The van der Waals surface area contributed by atoms with Crippen LogP contribution in [-0.2, 0) is 10.2 Å². The number of hydrogen-bond acceptors (Lipinski definition) is 3. The average molecular weight is 410 g/mol. The molecule has 2 aromatic rings.